The highest BCUT2D eigenvalue weighted by atomic mass is 35.5. The van der Waals surface area contributed by atoms with E-state index in [0.29, 0.717) is 14.9 Å². The van der Waals surface area contributed by atoms with Gasteiger partial charge in [0.1, 0.15) is 0 Å². The van der Waals surface area contributed by atoms with Crippen molar-refractivity contribution in [3.8, 4) is 0 Å². The number of fused-ring (bicyclic) bond motifs is 1. The van der Waals surface area contributed by atoms with E-state index in [9.17, 15) is 4.79 Å². The first kappa shape index (κ1) is 11.8. The van der Waals surface area contributed by atoms with Gasteiger partial charge in [-0.1, -0.05) is 29.3 Å². The molecule has 2 aromatic rings. The molecule has 0 bridgehead atoms. The molecule has 3 rings (SSSR count). The Morgan fingerprint density at radius 1 is 1.17 bits per heavy atom. The summed E-state index contributed by atoms with van der Waals surface area (Å²) in [7, 11) is 0. The van der Waals surface area contributed by atoms with Gasteiger partial charge >= 0.3 is 0 Å². The van der Waals surface area contributed by atoms with Crippen molar-refractivity contribution in [1.82, 2.24) is 0 Å². The smallest absolute Gasteiger partial charge is 0.256 e. The van der Waals surface area contributed by atoms with Crippen molar-refractivity contribution in [2.75, 3.05) is 5.32 Å². The van der Waals surface area contributed by atoms with Crippen molar-refractivity contribution in [2.24, 2.45) is 0 Å². The van der Waals surface area contributed by atoms with Crippen LogP contribution in [0.4, 0.5) is 5.69 Å². The molecule has 0 radical (unpaired) electrons. The summed E-state index contributed by atoms with van der Waals surface area (Å²) in [6.45, 7) is 0. The molecule has 1 aliphatic heterocycles. The van der Waals surface area contributed by atoms with Crippen LogP contribution < -0.4 is 5.32 Å². The van der Waals surface area contributed by atoms with Crippen molar-refractivity contribution in [1.29, 1.82) is 0 Å². The second-order valence-corrected chi connectivity index (χ2v) is 6.03. The highest BCUT2D eigenvalue weighted by molar-refractivity contribution is 7.17. The molecule has 0 spiro atoms. The molecular formula is C13H7Cl2NOS. The maximum Gasteiger partial charge on any atom is 0.256 e. The van der Waals surface area contributed by atoms with E-state index >= 15 is 0 Å². The Bertz CT molecular complexity index is 675. The lowest BCUT2D eigenvalue weighted by atomic mass is 10.1. The highest BCUT2D eigenvalue weighted by Gasteiger charge is 2.24. The van der Waals surface area contributed by atoms with Gasteiger partial charge in [-0.15, -0.1) is 11.3 Å². The lowest BCUT2D eigenvalue weighted by Gasteiger charge is -1.97. The first-order chi connectivity index (χ1) is 8.63. The number of hydrogen-bond donors (Lipinski definition) is 1. The molecule has 0 unspecified atom stereocenters. The van der Waals surface area contributed by atoms with E-state index < -0.39 is 0 Å². The summed E-state index contributed by atoms with van der Waals surface area (Å²) in [5, 5.41) is 3.40. The Hall–Kier alpha value is -1.29. The standard InChI is InChI=1S/C13H7Cl2NOS/c14-7-1-3-9-10(13(17)16-11(9)5-7)6-8-2-4-12(15)18-8/h1-6H,(H,16,17)/b10-6+. The third-order valence-corrected chi connectivity index (χ3v) is 4.06. The van der Waals surface area contributed by atoms with E-state index in [1.54, 1.807) is 12.1 Å². The van der Waals surface area contributed by atoms with Crippen LogP contribution in [0.3, 0.4) is 0 Å². The van der Waals surface area contributed by atoms with E-state index in [0.717, 1.165) is 16.1 Å². The van der Waals surface area contributed by atoms with Gasteiger partial charge in [-0.3, -0.25) is 4.79 Å². The molecule has 90 valence electrons. The summed E-state index contributed by atoms with van der Waals surface area (Å²) in [6, 6.07) is 9.07. The van der Waals surface area contributed by atoms with Gasteiger partial charge in [0.2, 0.25) is 0 Å². The molecular weight excluding hydrogens is 289 g/mol. The van der Waals surface area contributed by atoms with Crippen LogP contribution in [-0.2, 0) is 4.79 Å². The van der Waals surface area contributed by atoms with Gasteiger partial charge in [0.25, 0.3) is 5.91 Å². The van der Waals surface area contributed by atoms with Gasteiger partial charge in [0.05, 0.1) is 15.6 Å². The average molecular weight is 296 g/mol. The number of nitrogens with one attached hydrogen (secondary N) is 1. The van der Waals surface area contributed by atoms with Gasteiger partial charge < -0.3 is 5.32 Å². The molecule has 2 nitrogen and oxygen atoms in total. The Morgan fingerprint density at radius 2 is 2.00 bits per heavy atom. The zero-order chi connectivity index (χ0) is 12.7. The summed E-state index contributed by atoms with van der Waals surface area (Å²) in [4.78, 5) is 12.9. The molecule has 0 atom stereocenters. The summed E-state index contributed by atoms with van der Waals surface area (Å²) >= 11 is 13.2. The topological polar surface area (TPSA) is 29.1 Å². The van der Waals surface area contributed by atoms with Crippen LogP contribution in [0, 0.1) is 0 Å². The fraction of sp³-hybridized carbons (Fsp3) is 0. The molecule has 1 amide bonds. The van der Waals surface area contributed by atoms with Crippen molar-refractivity contribution in [3.05, 3.63) is 50.1 Å². The lowest BCUT2D eigenvalue weighted by Crippen LogP contribution is -2.03. The van der Waals surface area contributed by atoms with Gasteiger partial charge in [-0.2, -0.15) is 0 Å². The Kier molecular flexibility index (Phi) is 2.90. The van der Waals surface area contributed by atoms with Crippen LogP contribution in [0.1, 0.15) is 10.4 Å². The second-order valence-electron chi connectivity index (χ2n) is 3.84. The predicted molar refractivity (Wildman–Crippen MR) is 77.3 cm³/mol. The largest absolute Gasteiger partial charge is 0.321 e. The first-order valence-electron chi connectivity index (χ1n) is 5.22. The van der Waals surface area contributed by atoms with E-state index in [1.165, 1.54) is 11.3 Å². The van der Waals surface area contributed by atoms with Crippen LogP contribution in [-0.4, -0.2) is 5.91 Å². The second kappa shape index (κ2) is 4.43. The third kappa shape index (κ3) is 2.05. The summed E-state index contributed by atoms with van der Waals surface area (Å²) < 4.78 is 0.705. The Balaban J connectivity index is 2.09. The first-order valence-corrected chi connectivity index (χ1v) is 6.79. The van der Waals surface area contributed by atoms with Crippen molar-refractivity contribution < 1.29 is 4.79 Å². The number of benzene rings is 1. The molecule has 0 saturated heterocycles. The van der Waals surface area contributed by atoms with Crippen LogP contribution in [0.2, 0.25) is 9.36 Å². The minimum Gasteiger partial charge on any atom is -0.321 e. The minimum atomic E-state index is -0.114. The zero-order valence-electron chi connectivity index (χ0n) is 9.04. The molecule has 0 saturated carbocycles. The number of thiophene rings is 1. The monoisotopic (exact) mass is 295 g/mol. The van der Waals surface area contributed by atoms with E-state index in [4.69, 9.17) is 23.2 Å². The van der Waals surface area contributed by atoms with Crippen LogP contribution in [0.15, 0.2) is 30.3 Å². The molecule has 18 heavy (non-hydrogen) atoms. The SMILES string of the molecule is O=C1Nc2cc(Cl)ccc2/C1=C\c1ccc(Cl)s1. The summed E-state index contributed by atoms with van der Waals surface area (Å²) in [5.74, 6) is -0.114. The van der Waals surface area contributed by atoms with Gasteiger partial charge in [-0.05, 0) is 30.3 Å². The van der Waals surface area contributed by atoms with Crippen molar-refractivity contribution >= 4 is 57.8 Å². The molecule has 1 aromatic carbocycles. The summed E-state index contributed by atoms with van der Waals surface area (Å²) in [6.07, 6.45) is 1.84. The van der Waals surface area contributed by atoms with Crippen LogP contribution in [0.25, 0.3) is 11.6 Å². The van der Waals surface area contributed by atoms with E-state index in [2.05, 4.69) is 5.32 Å². The normalized spacial score (nSPS) is 15.9. The number of amides is 1. The van der Waals surface area contributed by atoms with E-state index in [-0.39, 0.29) is 5.91 Å². The van der Waals surface area contributed by atoms with Gasteiger partial charge in [0.15, 0.2) is 0 Å². The number of anilines is 1. The molecule has 1 aliphatic rings. The molecule has 1 aromatic heterocycles. The zero-order valence-corrected chi connectivity index (χ0v) is 11.4. The van der Waals surface area contributed by atoms with Crippen molar-refractivity contribution in [2.45, 2.75) is 0 Å². The molecule has 0 aliphatic carbocycles. The van der Waals surface area contributed by atoms with Gasteiger partial charge in [-0.25, -0.2) is 0 Å². The maximum atomic E-state index is 11.9. The molecule has 5 heteroatoms. The number of rotatable bonds is 1. The number of halogens is 2. The number of hydrogen-bond acceptors (Lipinski definition) is 2. The minimum absolute atomic E-state index is 0.114. The summed E-state index contributed by atoms with van der Waals surface area (Å²) in [5.41, 5.74) is 2.26. The number of carbonyl (C=O) groups excluding carboxylic acids is 1. The quantitative estimate of drug-likeness (QED) is 0.769. The van der Waals surface area contributed by atoms with Crippen molar-refractivity contribution in [3.63, 3.8) is 0 Å². The van der Waals surface area contributed by atoms with Gasteiger partial charge in [0, 0.05) is 15.5 Å². The van der Waals surface area contributed by atoms with Crippen LogP contribution in [0.5, 0.6) is 0 Å². The Labute approximate surface area is 118 Å². The predicted octanol–water partition coefficient (Wildman–Crippen LogP) is 4.55. The van der Waals surface area contributed by atoms with Crippen LogP contribution >= 0.6 is 34.5 Å². The third-order valence-electron chi connectivity index (χ3n) is 2.65. The molecule has 0 fully saturated rings. The molecule has 1 N–H and O–H groups in total. The van der Waals surface area contributed by atoms with E-state index in [1.807, 2.05) is 24.3 Å². The Morgan fingerprint density at radius 3 is 2.72 bits per heavy atom. The lowest BCUT2D eigenvalue weighted by molar-refractivity contribution is -0.110. The highest BCUT2D eigenvalue weighted by Crippen LogP contribution is 2.36. The maximum absolute atomic E-state index is 11.9. The average Bonchev–Trinajstić information content (AvgIpc) is 2.84. The fourth-order valence-electron chi connectivity index (χ4n) is 1.86. The molecule has 2 heterocycles. The number of carbonyl (C=O) groups is 1. The fourth-order valence-corrected chi connectivity index (χ4v) is 3.03.